The molecule has 3 aromatic rings. The number of carboxylic acid groups (broad SMARTS) is 1. The number of anilines is 1. The summed E-state index contributed by atoms with van der Waals surface area (Å²) in [4.78, 5) is 50.9. The van der Waals surface area contributed by atoms with Gasteiger partial charge >= 0.3 is 12.0 Å². The maximum Gasteiger partial charge on any atom is 0.335 e. The lowest BCUT2D eigenvalue weighted by Crippen LogP contribution is -2.54. The molecule has 178 valence electrons. The Morgan fingerprint density at radius 2 is 1.71 bits per heavy atom. The van der Waals surface area contributed by atoms with Crippen molar-refractivity contribution in [1.29, 1.82) is 0 Å². The molecule has 0 bridgehead atoms. The topological polar surface area (TPSA) is 109 Å². The van der Waals surface area contributed by atoms with E-state index in [1.807, 2.05) is 25.3 Å². The van der Waals surface area contributed by atoms with Crippen molar-refractivity contribution in [3.05, 3.63) is 86.7 Å². The van der Waals surface area contributed by atoms with Crippen LogP contribution in [0.2, 0.25) is 5.02 Å². The van der Waals surface area contributed by atoms with Gasteiger partial charge in [0.2, 0.25) is 0 Å². The van der Waals surface area contributed by atoms with Gasteiger partial charge in [-0.1, -0.05) is 23.7 Å². The second-order valence-electron chi connectivity index (χ2n) is 8.31. The summed E-state index contributed by atoms with van der Waals surface area (Å²) < 4.78 is 1.86. The molecule has 1 fully saturated rings. The molecule has 8 nitrogen and oxygen atoms in total. The zero-order chi connectivity index (χ0) is 25.6. The molecule has 35 heavy (non-hydrogen) atoms. The molecular weight excluding hydrogens is 470 g/mol. The number of benzene rings is 2. The predicted octanol–water partition coefficient (Wildman–Crippen LogP) is 4.73. The summed E-state index contributed by atoms with van der Waals surface area (Å²) in [7, 11) is 0. The molecular formula is C26H22ClN3O5. The maximum absolute atomic E-state index is 13.3. The van der Waals surface area contributed by atoms with Gasteiger partial charge in [-0.15, -0.1) is 0 Å². The Morgan fingerprint density at radius 1 is 1.00 bits per heavy atom. The van der Waals surface area contributed by atoms with E-state index in [4.69, 9.17) is 11.6 Å². The van der Waals surface area contributed by atoms with E-state index in [1.54, 1.807) is 43.3 Å². The monoisotopic (exact) mass is 491 g/mol. The lowest BCUT2D eigenvalue weighted by Gasteiger charge is -2.27. The lowest BCUT2D eigenvalue weighted by atomic mass is 10.1. The molecule has 2 heterocycles. The second kappa shape index (κ2) is 8.88. The van der Waals surface area contributed by atoms with Gasteiger partial charge in [0.1, 0.15) is 5.57 Å². The number of rotatable bonds is 4. The van der Waals surface area contributed by atoms with Gasteiger partial charge in [0.15, 0.2) is 0 Å². The Balaban J connectivity index is 1.81. The highest BCUT2D eigenvalue weighted by Crippen LogP contribution is 2.31. The third kappa shape index (κ3) is 4.13. The standard InChI is InChI=1S/C26H22ClN3O5/c1-13-8-9-17(25(33)34)12-22(13)29-14(2)10-18(16(29)4)11-19-23(31)28-26(35)30(24(19)32)21-7-5-6-20(27)15(21)3/h5-12H,1-4H3,(H,33,34)(H,28,31,35)/b19-11+. The molecule has 0 radical (unpaired) electrons. The van der Waals surface area contributed by atoms with Crippen LogP contribution in [0.15, 0.2) is 48.0 Å². The van der Waals surface area contributed by atoms with Crippen molar-refractivity contribution in [2.45, 2.75) is 27.7 Å². The number of carboxylic acids is 1. The van der Waals surface area contributed by atoms with E-state index in [0.29, 0.717) is 27.5 Å². The maximum atomic E-state index is 13.3. The molecule has 2 N–H and O–H groups in total. The predicted molar refractivity (Wildman–Crippen MR) is 132 cm³/mol. The van der Waals surface area contributed by atoms with E-state index in [-0.39, 0.29) is 16.8 Å². The normalized spacial score (nSPS) is 15.1. The van der Waals surface area contributed by atoms with E-state index >= 15 is 0 Å². The van der Waals surface area contributed by atoms with Crippen molar-refractivity contribution in [2.75, 3.05) is 4.90 Å². The number of barbiturate groups is 1. The number of carbonyl (C=O) groups excluding carboxylic acids is 3. The summed E-state index contributed by atoms with van der Waals surface area (Å²) in [6.45, 7) is 7.20. The smallest absolute Gasteiger partial charge is 0.335 e. The number of aromatic nitrogens is 1. The summed E-state index contributed by atoms with van der Waals surface area (Å²) in [5.41, 5.74) is 4.34. The Morgan fingerprint density at radius 3 is 2.40 bits per heavy atom. The summed E-state index contributed by atoms with van der Waals surface area (Å²) in [6.07, 6.45) is 1.44. The fourth-order valence-electron chi connectivity index (χ4n) is 4.16. The fraction of sp³-hybridized carbons (Fsp3) is 0.154. The number of nitrogens with zero attached hydrogens (tertiary/aromatic N) is 2. The van der Waals surface area contributed by atoms with Gasteiger partial charge in [0.05, 0.1) is 11.3 Å². The fourth-order valence-corrected chi connectivity index (χ4v) is 4.33. The van der Waals surface area contributed by atoms with Crippen LogP contribution in [-0.2, 0) is 9.59 Å². The molecule has 1 aromatic heterocycles. The molecule has 1 aliphatic rings. The van der Waals surface area contributed by atoms with Crippen molar-refractivity contribution < 1.29 is 24.3 Å². The van der Waals surface area contributed by atoms with Crippen molar-refractivity contribution in [1.82, 2.24) is 9.88 Å². The quantitative estimate of drug-likeness (QED) is 0.405. The SMILES string of the molecule is Cc1ccc(C(=O)O)cc1-n1c(C)cc(/C=C2\C(=O)NC(=O)N(c3cccc(Cl)c3C)C2=O)c1C. The van der Waals surface area contributed by atoms with Gasteiger partial charge in [-0.25, -0.2) is 14.5 Å². The van der Waals surface area contributed by atoms with Gasteiger partial charge in [0.25, 0.3) is 11.8 Å². The first-order chi connectivity index (χ1) is 16.5. The summed E-state index contributed by atoms with van der Waals surface area (Å²) in [6, 6.07) is 10.6. The Kier molecular flexibility index (Phi) is 6.08. The van der Waals surface area contributed by atoms with Crippen LogP contribution < -0.4 is 10.2 Å². The first kappa shape index (κ1) is 24.0. The number of urea groups is 1. The zero-order valence-electron chi connectivity index (χ0n) is 19.5. The molecule has 2 aromatic carbocycles. The minimum Gasteiger partial charge on any atom is -0.478 e. The highest BCUT2D eigenvalue weighted by molar-refractivity contribution is 6.40. The summed E-state index contributed by atoms with van der Waals surface area (Å²) in [5, 5.41) is 12.0. The largest absolute Gasteiger partial charge is 0.478 e. The molecule has 0 spiro atoms. The number of carbonyl (C=O) groups is 4. The van der Waals surface area contributed by atoms with Crippen LogP contribution in [0.4, 0.5) is 10.5 Å². The third-order valence-electron chi connectivity index (χ3n) is 6.05. The number of nitrogens with one attached hydrogen (secondary N) is 1. The summed E-state index contributed by atoms with van der Waals surface area (Å²) >= 11 is 6.18. The van der Waals surface area contributed by atoms with Crippen LogP contribution in [0, 0.1) is 27.7 Å². The van der Waals surface area contributed by atoms with Gasteiger partial charge in [-0.3, -0.25) is 14.9 Å². The Bertz CT molecular complexity index is 1470. The van der Waals surface area contributed by atoms with Gasteiger partial charge in [0, 0.05) is 22.1 Å². The first-order valence-corrected chi connectivity index (χ1v) is 11.1. The van der Waals surface area contributed by atoms with Crippen LogP contribution >= 0.6 is 11.6 Å². The van der Waals surface area contributed by atoms with Gasteiger partial charge in [-0.2, -0.15) is 0 Å². The summed E-state index contributed by atoms with van der Waals surface area (Å²) in [5.74, 6) is -2.61. The number of amides is 4. The number of aryl methyl sites for hydroxylation is 2. The van der Waals surface area contributed by atoms with E-state index in [2.05, 4.69) is 5.32 Å². The molecule has 1 saturated heterocycles. The highest BCUT2D eigenvalue weighted by atomic mass is 35.5. The molecule has 4 amide bonds. The second-order valence-corrected chi connectivity index (χ2v) is 8.72. The molecule has 0 atom stereocenters. The van der Waals surface area contributed by atoms with Crippen LogP contribution in [0.3, 0.4) is 0 Å². The molecule has 4 rings (SSSR count). The van der Waals surface area contributed by atoms with Crippen LogP contribution in [0.5, 0.6) is 0 Å². The van der Waals surface area contributed by atoms with E-state index in [9.17, 15) is 24.3 Å². The molecule has 0 aliphatic carbocycles. The average molecular weight is 492 g/mol. The minimum atomic E-state index is -1.04. The number of hydrogen-bond acceptors (Lipinski definition) is 4. The van der Waals surface area contributed by atoms with Crippen molar-refractivity contribution in [3.8, 4) is 5.69 Å². The Hall–Kier alpha value is -4.17. The van der Waals surface area contributed by atoms with E-state index in [1.165, 1.54) is 12.1 Å². The average Bonchev–Trinajstić information content (AvgIpc) is 3.07. The zero-order valence-corrected chi connectivity index (χ0v) is 20.2. The first-order valence-electron chi connectivity index (χ1n) is 10.7. The van der Waals surface area contributed by atoms with E-state index in [0.717, 1.165) is 16.2 Å². The van der Waals surface area contributed by atoms with Crippen LogP contribution in [-0.4, -0.2) is 33.5 Å². The van der Waals surface area contributed by atoms with Gasteiger partial charge in [-0.05, 0) is 80.8 Å². The lowest BCUT2D eigenvalue weighted by molar-refractivity contribution is -0.122. The van der Waals surface area contributed by atoms with Crippen LogP contribution in [0.1, 0.15) is 38.4 Å². The molecule has 0 unspecified atom stereocenters. The number of halogens is 1. The van der Waals surface area contributed by atoms with Crippen molar-refractivity contribution in [2.24, 2.45) is 0 Å². The van der Waals surface area contributed by atoms with Crippen LogP contribution in [0.25, 0.3) is 11.8 Å². The molecule has 0 saturated carbocycles. The highest BCUT2D eigenvalue weighted by Gasteiger charge is 2.37. The van der Waals surface area contributed by atoms with Crippen molar-refractivity contribution in [3.63, 3.8) is 0 Å². The third-order valence-corrected chi connectivity index (χ3v) is 6.46. The van der Waals surface area contributed by atoms with Crippen molar-refractivity contribution >= 4 is 47.2 Å². The minimum absolute atomic E-state index is 0.144. The number of imide groups is 2. The van der Waals surface area contributed by atoms with Gasteiger partial charge < -0.3 is 9.67 Å². The number of hydrogen-bond donors (Lipinski definition) is 2. The Labute approximate surface area is 206 Å². The molecule has 9 heteroatoms. The van der Waals surface area contributed by atoms with E-state index < -0.39 is 23.8 Å². The number of aromatic carboxylic acids is 1. The molecule has 1 aliphatic heterocycles.